The van der Waals surface area contributed by atoms with Crippen LogP contribution in [0.25, 0.3) is 0 Å². The summed E-state index contributed by atoms with van der Waals surface area (Å²) in [5.41, 5.74) is 0.812. The molecular weight excluding hydrogens is 315 g/mol. The Morgan fingerprint density at radius 3 is 2.84 bits per heavy atom. The molecular formula is C20H33FN4. The zero-order valence-electron chi connectivity index (χ0n) is 16.1. The number of guanidine groups is 1. The zero-order chi connectivity index (χ0) is 18.3. The number of nitrogens with zero attached hydrogens (tertiary/aromatic N) is 2. The van der Waals surface area contributed by atoms with Gasteiger partial charge in [-0.2, -0.15) is 0 Å². The van der Waals surface area contributed by atoms with Crippen LogP contribution in [0.15, 0.2) is 29.3 Å². The number of hydrogen-bond donors (Lipinski definition) is 2. The van der Waals surface area contributed by atoms with Crippen molar-refractivity contribution in [1.29, 1.82) is 0 Å². The second-order valence-corrected chi connectivity index (χ2v) is 7.66. The first-order chi connectivity index (χ1) is 11.9. The van der Waals surface area contributed by atoms with Crippen LogP contribution in [0.3, 0.4) is 0 Å². The Bertz CT molecular complexity index is 571. The van der Waals surface area contributed by atoms with Gasteiger partial charge in [0.1, 0.15) is 5.82 Å². The minimum absolute atomic E-state index is 0.176. The van der Waals surface area contributed by atoms with Crippen molar-refractivity contribution in [3.8, 4) is 0 Å². The van der Waals surface area contributed by atoms with Gasteiger partial charge >= 0.3 is 0 Å². The van der Waals surface area contributed by atoms with Gasteiger partial charge in [-0.05, 0) is 49.5 Å². The molecule has 1 aromatic carbocycles. The first kappa shape index (κ1) is 19.7. The molecule has 0 aromatic heterocycles. The maximum absolute atomic E-state index is 13.5. The van der Waals surface area contributed by atoms with E-state index in [0.29, 0.717) is 12.5 Å². The Hall–Kier alpha value is -1.62. The number of benzene rings is 1. The highest BCUT2D eigenvalue weighted by atomic mass is 19.1. The molecule has 1 unspecified atom stereocenters. The molecule has 25 heavy (non-hydrogen) atoms. The summed E-state index contributed by atoms with van der Waals surface area (Å²) in [7, 11) is 1.79. The van der Waals surface area contributed by atoms with E-state index < -0.39 is 0 Å². The molecule has 0 bridgehead atoms. The van der Waals surface area contributed by atoms with Gasteiger partial charge in [0.2, 0.25) is 0 Å². The van der Waals surface area contributed by atoms with E-state index in [0.717, 1.165) is 18.1 Å². The first-order valence-corrected chi connectivity index (χ1v) is 9.37. The Labute approximate surface area is 151 Å². The molecule has 1 fully saturated rings. The Balaban J connectivity index is 1.80. The molecule has 0 amide bonds. The van der Waals surface area contributed by atoms with Gasteiger partial charge in [-0.3, -0.25) is 4.99 Å². The SMILES string of the molecule is CCCN1CCC(CNC(=NC)NCC(C)(C)c2cccc(F)c2)C1. The third-order valence-corrected chi connectivity index (χ3v) is 5.00. The summed E-state index contributed by atoms with van der Waals surface area (Å²) in [6, 6.07) is 6.83. The Morgan fingerprint density at radius 2 is 2.16 bits per heavy atom. The van der Waals surface area contributed by atoms with E-state index in [1.54, 1.807) is 19.2 Å². The molecule has 5 heteroatoms. The summed E-state index contributed by atoms with van der Waals surface area (Å²) < 4.78 is 13.5. The minimum atomic E-state index is -0.189. The van der Waals surface area contributed by atoms with E-state index >= 15 is 0 Å². The maximum Gasteiger partial charge on any atom is 0.191 e. The molecule has 1 atom stereocenters. The van der Waals surface area contributed by atoms with E-state index in [1.807, 2.05) is 6.07 Å². The highest BCUT2D eigenvalue weighted by Crippen LogP contribution is 2.22. The quantitative estimate of drug-likeness (QED) is 0.588. The lowest BCUT2D eigenvalue weighted by Crippen LogP contribution is -2.45. The van der Waals surface area contributed by atoms with Gasteiger partial charge in [-0.25, -0.2) is 4.39 Å². The van der Waals surface area contributed by atoms with E-state index in [9.17, 15) is 4.39 Å². The average Bonchev–Trinajstić information content (AvgIpc) is 3.03. The molecule has 0 spiro atoms. The molecule has 1 aliphatic heterocycles. The van der Waals surface area contributed by atoms with Gasteiger partial charge in [0.05, 0.1) is 0 Å². The molecule has 1 aliphatic rings. The third-order valence-electron chi connectivity index (χ3n) is 5.00. The average molecular weight is 349 g/mol. The molecule has 140 valence electrons. The Morgan fingerprint density at radius 1 is 1.36 bits per heavy atom. The fourth-order valence-electron chi connectivity index (χ4n) is 3.38. The van der Waals surface area contributed by atoms with Crippen molar-refractivity contribution in [2.75, 3.05) is 39.8 Å². The predicted octanol–water partition coefficient (Wildman–Crippen LogP) is 3.00. The van der Waals surface area contributed by atoms with E-state index in [-0.39, 0.29) is 11.2 Å². The molecule has 0 radical (unpaired) electrons. The Kier molecular flexibility index (Phi) is 7.24. The van der Waals surface area contributed by atoms with Gasteiger partial charge in [0, 0.05) is 32.1 Å². The van der Waals surface area contributed by atoms with E-state index in [4.69, 9.17) is 0 Å². The van der Waals surface area contributed by atoms with E-state index in [1.165, 1.54) is 38.5 Å². The molecule has 1 heterocycles. The third kappa shape index (κ3) is 5.99. The number of nitrogens with one attached hydrogen (secondary N) is 2. The van der Waals surface area contributed by atoms with Crippen LogP contribution in [0.5, 0.6) is 0 Å². The molecule has 2 N–H and O–H groups in total. The van der Waals surface area contributed by atoms with Gasteiger partial charge in [0.15, 0.2) is 5.96 Å². The number of likely N-dealkylation sites (tertiary alicyclic amines) is 1. The number of rotatable bonds is 7. The minimum Gasteiger partial charge on any atom is -0.356 e. The molecule has 0 aliphatic carbocycles. The number of aliphatic imine (C=N–C) groups is 1. The highest BCUT2D eigenvalue weighted by Gasteiger charge is 2.23. The molecule has 1 aromatic rings. The van der Waals surface area contributed by atoms with Crippen molar-refractivity contribution in [3.63, 3.8) is 0 Å². The summed E-state index contributed by atoms with van der Waals surface area (Å²) in [5.74, 6) is 1.31. The van der Waals surface area contributed by atoms with E-state index in [2.05, 4.69) is 41.3 Å². The standard InChI is InChI=1S/C20H33FN4/c1-5-10-25-11-9-16(14-25)13-23-19(22-4)24-15-20(2,3)17-7-6-8-18(21)12-17/h6-8,12,16H,5,9-11,13-15H2,1-4H3,(H2,22,23,24). The summed E-state index contributed by atoms with van der Waals surface area (Å²) >= 11 is 0. The smallest absolute Gasteiger partial charge is 0.191 e. The highest BCUT2D eigenvalue weighted by molar-refractivity contribution is 5.79. The van der Waals surface area contributed by atoms with Gasteiger partial charge in [-0.1, -0.05) is 32.9 Å². The first-order valence-electron chi connectivity index (χ1n) is 9.37. The second-order valence-electron chi connectivity index (χ2n) is 7.66. The zero-order valence-corrected chi connectivity index (χ0v) is 16.1. The van der Waals surface area contributed by atoms with Crippen molar-refractivity contribution >= 4 is 5.96 Å². The van der Waals surface area contributed by atoms with Crippen LogP contribution in [-0.4, -0.2) is 50.6 Å². The molecule has 0 saturated carbocycles. The molecule has 2 rings (SSSR count). The van der Waals surface area contributed by atoms with Gasteiger partial charge < -0.3 is 15.5 Å². The lowest BCUT2D eigenvalue weighted by atomic mass is 9.84. The van der Waals surface area contributed by atoms with Crippen LogP contribution in [0.4, 0.5) is 4.39 Å². The summed E-state index contributed by atoms with van der Waals surface area (Å²) in [4.78, 5) is 6.86. The van der Waals surface area contributed by atoms with Gasteiger partial charge in [-0.15, -0.1) is 0 Å². The topological polar surface area (TPSA) is 39.7 Å². The van der Waals surface area contributed by atoms with Crippen LogP contribution < -0.4 is 10.6 Å². The number of halogens is 1. The largest absolute Gasteiger partial charge is 0.356 e. The van der Waals surface area contributed by atoms with Crippen LogP contribution in [0, 0.1) is 11.7 Å². The molecule has 1 saturated heterocycles. The van der Waals surface area contributed by atoms with Crippen molar-refractivity contribution < 1.29 is 4.39 Å². The summed E-state index contributed by atoms with van der Waals surface area (Å²) in [6.07, 6.45) is 2.47. The summed E-state index contributed by atoms with van der Waals surface area (Å²) in [5, 5.41) is 6.84. The second kappa shape index (κ2) is 9.18. The van der Waals surface area contributed by atoms with Crippen molar-refractivity contribution in [1.82, 2.24) is 15.5 Å². The van der Waals surface area contributed by atoms with Crippen LogP contribution in [0.1, 0.15) is 39.2 Å². The van der Waals surface area contributed by atoms with Crippen molar-refractivity contribution in [3.05, 3.63) is 35.6 Å². The van der Waals surface area contributed by atoms with Gasteiger partial charge in [0.25, 0.3) is 0 Å². The lowest BCUT2D eigenvalue weighted by Gasteiger charge is -2.27. The normalized spacial score (nSPS) is 19.2. The van der Waals surface area contributed by atoms with Crippen LogP contribution in [0.2, 0.25) is 0 Å². The maximum atomic E-state index is 13.5. The van der Waals surface area contributed by atoms with Crippen LogP contribution in [-0.2, 0) is 5.41 Å². The summed E-state index contributed by atoms with van der Waals surface area (Å²) in [6.45, 7) is 11.7. The molecule has 4 nitrogen and oxygen atoms in total. The van der Waals surface area contributed by atoms with Crippen molar-refractivity contribution in [2.45, 2.75) is 39.0 Å². The number of hydrogen-bond acceptors (Lipinski definition) is 2. The monoisotopic (exact) mass is 348 g/mol. The predicted molar refractivity (Wildman–Crippen MR) is 104 cm³/mol. The fourth-order valence-corrected chi connectivity index (χ4v) is 3.38. The van der Waals surface area contributed by atoms with Crippen LogP contribution >= 0.6 is 0 Å². The van der Waals surface area contributed by atoms with Crippen molar-refractivity contribution in [2.24, 2.45) is 10.9 Å². The fraction of sp³-hybridized carbons (Fsp3) is 0.650. The lowest BCUT2D eigenvalue weighted by molar-refractivity contribution is 0.324.